The van der Waals surface area contributed by atoms with Crippen LogP contribution in [-0.2, 0) is 4.79 Å². The molecule has 0 aliphatic carbocycles. The Morgan fingerprint density at radius 3 is 2.41 bits per heavy atom. The van der Waals surface area contributed by atoms with E-state index < -0.39 is 0 Å². The molecule has 2 amide bonds. The Kier molecular flexibility index (Phi) is 5.94. The lowest BCUT2D eigenvalue weighted by molar-refractivity contribution is -0.143. The van der Waals surface area contributed by atoms with Gasteiger partial charge in [-0.3, -0.25) is 14.5 Å². The summed E-state index contributed by atoms with van der Waals surface area (Å²) in [6, 6.07) is 4.90. The summed E-state index contributed by atoms with van der Waals surface area (Å²) in [4.78, 5) is 32.4. The predicted octanol–water partition coefficient (Wildman–Crippen LogP) is 2.09. The van der Waals surface area contributed by atoms with Gasteiger partial charge in [0.05, 0.1) is 13.7 Å². The number of methoxy groups -OCH3 is 1. The molecule has 158 valence electrons. The number of aromatic hydroxyl groups is 1. The lowest BCUT2D eigenvalue weighted by Gasteiger charge is -2.50. The van der Waals surface area contributed by atoms with Gasteiger partial charge < -0.3 is 19.6 Å². The summed E-state index contributed by atoms with van der Waals surface area (Å²) < 4.78 is 5.14. The Morgan fingerprint density at radius 2 is 1.76 bits per heavy atom. The van der Waals surface area contributed by atoms with Gasteiger partial charge in [0.1, 0.15) is 0 Å². The number of ether oxygens (including phenoxy) is 1. The van der Waals surface area contributed by atoms with Crippen LogP contribution in [0.2, 0.25) is 0 Å². The Bertz CT molecular complexity index is 748. The van der Waals surface area contributed by atoms with E-state index in [9.17, 15) is 14.7 Å². The lowest BCUT2D eigenvalue weighted by Crippen LogP contribution is -2.64. The fraction of sp³-hybridized carbons (Fsp3) is 0.636. The second kappa shape index (κ2) is 8.61. The molecule has 7 nitrogen and oxygen atoms in total. The second-order valence-electron chi connectivity index (χ2n) is 8.47. The summed E-state index contributed by atoms with van der Waals surface area (Å²) in [5.41, 5.74) is 0.505. The van der Waals surface area contributed by atoms with Crippen molar-refractivity contribution < 1.29 is 19.4 Å². The first-order valence-electron chi connectivity index (χ1n) is 10.8. The van der Waals surface area contributed by atoms with Gasteiger partial charge in [-0.05, 0) is 63.4 Å². The zero-order valence-corrected chi connectivity index (χ0v) is 17.2. The number of nitrogens with zero attached hydrogens (tertiary/aromatic N) is 3. The molecular formula is C22H31N3O4. The third-order valence-corrected chi connectivity index (χ3v) is 6.53. The summed E-state index contributed by atoms with van der Waals surface area (Å²) in [5.74, 6) is 0.476. The van der Waals surface area contributed by atoms with Gasteiger partial charge in [-0.25, -0.2) is 0 Å². The van der Waals surface area contributed by atoms with Crippen LogP contribution in [0.4, 0.5) is 0 Å². The van der Waals surface area contributed by atoms with Crippen LogP contribution in [0, 0.1) is 0 Å². The zero-order valence-electron chi connectivity index (χ0n) is 17.2. The molecule has 1 aromatic rings. The Morgan fingerprint density at radius 1 is 1.07 bits per heavy atom. The van der Waals surface area contributed by atoms with Crippen molar-refractivity contribution in [1.82, 2.24) is 14.7 Å². The highest BCUT2D eigenvalue weighted by molar-refractivity contribution is 5.95. The van der Waals surface area contributed by atoms with Gasteiger partial charge in [0.25, 0.3) is 5.91 Å². The molecule has 3 fully saturated rings. The van der Waals surface area contributed by atoms with Crippen molar-refractivity contribution in [2.75, 3.05) is 39.8 Å². The van der Waals surface area contributed by atoms with E-state index in [0.29, 0.717) is 30.9 Å². The molecule has 3 saturated heterocycles. The number of phenolic OH excluding ortho intramolecular Hbond substituents is 1. The lowest BCUT2D eigenvalue weighted by atomic mass is 9.90. The number of piperidine rings is 2. The number of amides is 2. The minimum Gasteiger partial charge on any atom is -0.504 e. The monoisotopic (exact) mass is 401 g/mol. The van der Waals surface area contributed by atoms with Gasteiger partial charge in [-0.1, -0.05) is 6.42 Å². The van der Waals surface area contributed by atoms with Gasteiger partial charge in [-0.15, -0.1) is 0 Å². The minimum atomic E-state index is -0.0664. The molecule has 1 aromatic carbocycles. The van der Waals surface area contributed by atoms with Crippen LogP contribution in [0.15, 0.2) is 18.2 Å². The van der Waals surface area contributed by atoms with Crippen molar-refractivity contribution >= 4 is 11.8 Å². The molecule has 1 N–H and O–H groups in total. The Hall–Kier alpha value is -2.28. The Labute approximate surface area is 172 Å². The second-order valence-corrected chi connectivity index (χ2v) is 8.47. The first-order chi connectivity index (χ1) is 14.1. The molecule has 3 aliphatic heterocycles. The molecule has 2 atom stereocenters. The fourth-order valence-corrected chi connectivity index (χ4v) is 5.06. The van der Waals surface area contributed by atoms with Gasteiger partial charge >= 0.3 is 0 Å². The highest BCUT2D eigenvalue weighted by Crippen LogP contribution is 2.31. The maximum atomic E-state index is 13.1. The summed E-state index contributed by atoms with van der Waals surface area (Å²) in [7, 11) is 1.47. The van der Waals surface area contributed by atoms with Crippen molar-refractivity contribution in [2.24, 2.45) is 0 Å². The normalized spacial score (nSPS) is 25.0. The quantitative estimate of drug-likeness (QED) is 0.836. The SMILES string of the molecule is COc1cc(C(=O)N2CC3CCCC(C2)N3C(=O)CN2CCCCC2)ccc1O. The summed E-state index contributed by atoms with van der Waals surface area (Å²) in [6.07, 6.45) is 6.63. The van der Waals surface area contributed by atoms with Crippen LogP contribution in [0.5, 0.6) is 11.5 Å². The van der Waals surface area contributed by atoms with Gasteiger partial charge in [0, 0.05) is 30.7 Å². The molecule has 0 saturated carbocycles. The molecule has 3 heterocycles. The van der Waals surface area contributed by atoms with E-state index in [0.717, 1.165) is 32.4 Å². The van der Waals surface area contributed by atoms with Crippen LogP contribution >= 0.6 is 0 Å². The van der Waals surface area contributed by atoms with Crippen LogP contribution in [0.1, 0.15) is 48.9 Å². The predicted molar refractivity (Wildman–Crippen MR) is 109 cm³/mol. The van der Waals surface area contributed by atoms with E-state index in [1.165, 1.54) is 32.4 Å². The van der Waals surface area contributed by atoms with Crippen molar-refractivity contribution in [3.63, 3.8) is 0 Å². The summed E-state index contributed by atoms with van der Waals surface area (Å²) in [6.45, 7) is 3.69. The average Bonchev–Trinajstić information content (AvgIpc) is 2.73. The van der Waals surface area contributed by atoms with Crippen LogP contribution in [0.25, 0.3) is 0 Å². The number of hydrogen-bond acceptors (Lipinski definition) is 5. The molecule has 29 heavy (non-hydrogen) atoms. The van der Waals surface area contributed by atoms with Gasteiger partial charge in [0.15, 0.2) is 11.5 Å². The number of piperazine rings is 1. The highest BCUT2D eigenvalue weighted by Gasteiger charge is 2.41. The van der Waals surface area contributed by atoms with Crippen molar-refractivity contribution in [1.29, 1.82) is 0 Å². The number of benzene rings is 1. The molecule has 2 bridgehead atoms. The number of hydrogen-bond donors (Lipinski definition) is 1. The van der Waals surface area contributed by atoms with Crippen molar-refractivity contribution in [3.05, 3.63) is 23.8 Å². The van der Waals surface area contributed by atoms with E-state index >= 15 is 0 Å². The maximum Gasteiger partial charge on any atom is 0.254 e. The maximum absolute atomic E-state index is 13.1. The van der Waals surface area contributed by atoms with E-state index in [-0.39, 0.29) is 29.6 Å². The molecule has 2 unspecified atom stereocenters. The molecule has 0 spiro atoms. The summed E-state index contributed by atoms with van der Waals surface area (Å²) in [5, 5.41) is 9.79. The first-order valence-corrected chi connectivity index (χ1v) is 10.8. The van der Waals surface area contributed by atoms with E-state index in [2.05, 4.69) is 9.80 Å². The highest BCUT2D eigenvalue weighted by atomic mass is 16.5. The van der Waals surface area contributed by atoms with Gasteiger partial charge in [0.2, 0.25) is 5.91 Å². The van der Waals surface area contributed by atoms with E-state index in [1.807, 2.05) is 4.90 Å². The molecule has 0 radical (unpaired) electrons. The smallest absolute Gasteiger partial charge is 0.254 e. The fourth-order valence-electron chi connectivity index (χ4n) is 5.06. The van der Waals surface area contributed by atoms with Crippen LogP contribution < -0.4 is 4.74 Å². The molecular weight excluding hydrogens is 370 g/mol. The van der Waals surface area contributed by atoms with Crippen LogP contribution in [-0.4, -0.2) is 83.5 Å². The largest absolute Gasteiger partial charge is 0.504 e. The van der Waals surface area contributed by atoms with Crippen molar-refractivity contribution in [2.45, 2.75) is 50.6 Å². The molecule has 3 aliphatic rings. The number of carbonyl (C=O) groups excluding carboxylic acids is 2. The minimum absolute atomic E-state index is 0.0223. The average molecular weight is 402 g/mol. The molecule has 4 rings (SSSR count). The number of phenols is 1. The number of rotatable bonds is 4. The van der Waals surface area contributed by atoms with E-state index in [4.69, 9.17) is 4.74 Å². The summed E-state index contributed by atoms with van der Waals surface area (Å²) >= 11 is 0. The first kappa shape index (κ1) is 20.0. The van der Waals surface area contributed by atoms with Crippen LogP contribution in [0.3, 0.4) is 0 Å². The topological polar surface area (TPSA) is 73.3 Å². The number of carbonyl (C=O) groups is 2. The molecule has 7 heteroatoms. The third kappa shape index (κ3) is 4.20. The molecule has 0 aromatic heterocycles. The number of likely N-dealkylation sites (tertiary alicyclic amines) is 2. The van der Waals surface area contributed by atoms with E-state index in [1.54, 1.807) is 12.1 Å². The standard InChI is InChI=1S/C22H31N3O4/c1-29-20-12-16(8-9-19(20)26)22(28)24-13-17-6-5-7-18(14-24)25(17)21(27)15-23-10-3-2-4-11-23/h8-9,12,17-18,26H,2-7,10-11,13-15H2,1H3. The third-order valence-electron chi connectivity index (χ3n) is 6.53. The Balaban J connectivity index is 1.45. The van der Waals surface area contributed by atoms with Crippen molar-refractivity contribution in [3.8, 4) is 11.5 Å². The zero-order chi connectivity index (χ0) is 20.4. The van der Waals surface area contributed by atoms with Gasteiger partial charge in [-0.2, -0.15) is 0 Å². The number of fused-ring (bicyclic) bond motifs is 2.